The molecule has 2 fully saturated rings. The fourth-order valence-corrected chi connectivity index (χ4v) is 6.36. The number of sulfonamides is 1. The van der Waals surface area contributed by atoms with Crippen molar-refractivity contribution in [1.82, 2.24) is 24.8 Å². The van der Waals surface area contributed by atoms with Gasteiger partial charge in [0.15, 0.2) is 5.15 Å². The number of piperidine rings is 1. The molecule has 18 heteroatoms. The summed E-state index contributed by atoms with van der Waals surface area (Å²) in [4.78, 5) is 18.9. The first-order valence-electron chi connectivity index (χ1n) is 14.0. The molecule has 5 rings (SSSR count). The van der Waals surface area contributed by atoms with E-state index in [1.165, 1.54) is 12.3 Å². The van der Waals surface area contributed by atoms with Crippen molar-refractivity contribution in [3.63, 3.8) is 0 Å². The van der Waals surface area contributed by atoms with Crippen molar-refractivity contribution in [3.05, 3.63) is 51.5 Å². The SMILES string of the molecule is CN1CCN(C2CCN(c3nc(Cl)c(Nc4ncc(Br)c(Nc5ccc(F)cc5NS(C)(=O)=O)n4)cc3C(F)(F)F)CC2)CC1. The quantitative estimate of drug-likeness (QED) is 0.202. The van der Waals surface area contributed by atoms with Crippen LogP contribution in [0.4, 0.5) is 52.2 Å². The number of nitrogens with zero attached hydrogens (tertiary/aromatic N) is 6. The van der Waals surface area contributed by atoms with Crippen LogP contribution in [0.25, 0.3) is 0 Å². The maximum Gasteiger partial charge on any atom is 0.420 e. The first-order chi connectivity index (χ1) is 21.2. The van der Waals surface area contributed by atoms with E-state index in [1.807, 2.05) is 0 Å². The third-order valence-electron chi connectivity index (χ3n) is 7.60. The minimum absolute atomic E-state index is 0.0808. The molecule has 0 atom stereocenters. The minimum atomic E-state index is -4.71. The average molecular weight is 737 g/mol. The average Bonchev–Trinajstić information content (AvgIpc) is 2.96. The maximum atomic E-state index is 14.3. The van der Waals surface area contributed by atoms with Crippen LogP contribution in [-0.4, -0.2) is 91.8 Å². The lowest BCUT2D eigenvalue weighted by molar-refractivity contribution is -0.137. The van der Waals surface area contributed by atoms with Crippen LogP contribution in [0.1, 0.15) is 18.4 Å². The van der Waals surface area contributed by atoms with Gasteiger partial charge < -0.3 is 20.4 Å². The summed E-state index contributed by atoms with van der Waals surface area (Å²) in [5.74, 6) is -0.925. The smallest absolute Gasteiger partial charge is 0.356 e. The van der Waals surface area contributed by atoms with Crippen molar-refractivity contribution in [2.24, 2.45) is 0 Å². The highest BCUT2D eigenvalue weighted by Crippen LogP contribution is 2.41. The summed E-state index contributed by atoms with van der Waals surface area (Å²) in [6, 6.07) is 4.60. The molecule has 0 spiro atoms. The van der Waals surface area contributed by atoms with E-state index in [4.69, 9.17) is 11.6 Å². The van der Waals surface area contributed by atoms with E-state index in [1.54, 1.807) is 4.90 Å². The first kappa shape index (κ1) is 33.4. The molecule has 2 saturated heterocycles. The highest BCUT2D eigenvalue weighted by molar-refractivity contribution is 9.10. The fraction of sp³-hybridized carbons (Fsp3) is 0.444. The van der Waals surface area contributed by atoms with Gasteiger partial charge in [-0.3, -0.25) is 9.62 Å². The number of hydrogen-bond donors (Lipinski definition) is 3. The zero-order valence-corrected chi connectivity index (χ0v) is 27.5. The van der Waals surface area contributed by atoms with Crippen LogP contribution in [0, 0.1) is 5.82 Å². The summed E-state index contributed by atoms with van der Waals surface area (Å²) >= 11 is 9.71. The molecule has 0 bridgehead atoms. The molecule has 0 unspecified atom stereocenters. The molecule has 11 nitrogen and oxygen atoms in total. The van der Waals surface area contributed by atoms with Gasteiger partial charge in [-0.05, 0) is 54.0 Å². The molecule has 2 aromatic heterocycles. The first-order valence-corrected chi connectivity index (χ1v) is 17.0. The van der Waals surface area contributed by atoms with E-state index in [9.17, 15) is 26.0 Å². The topological polar surface area (TPSA) is 119 Å². The minimum Gasteiger partial charge on any atom is -0.356 e. The summed E-state index contributed by atoms with van der Waals surface area (Å²) in [6.07, 6.45) is -1.03. The Hall–Kier alpha value is -2.99. The summed E-state index contributed by atoms with van der Waals surface area (Å²) < 4.78 is 82.9. The number of aromatic nitrogens is 3. The van der Waals surface area contributed by atoms with Gasteiger partial charge in [-0.1, -0.05) is 11.6 Å². The molecule has 3 N–H and O–H groups in total. The molecular formula is C27H31BrClF4N9O2S. The fourth-order valence-electron chi connectivity index (χ4n) is 5.32. The molecule has 1 aromatic carbocycles. The molecule has 2 aliphatic heterocycles. The second-order valence-corrected chi connectivity index (χ2v) is 13.9. The number of pyridine rings is 1. The maximum absolute atomic E-state index is 14.3. The van der Waals surface area contributed by atoms with E-state index in [0.717, 1.165) is 63.5 Å². The Morgan fingerprint density at radius 2 is 1.67 bits per heavy atom. The lowest BCUT2D eigenvalue weighted by Crippen LogP contribution is -2.52. The third kappa shape index (κ3) is 8.44. The molecule has 0 radical (unpaired) electrons. The van der Waals surface area contributed by atoms with Gasteiger partial charge in [-0.25, -0.2) is 22.8 Å². The second kappa shape index (κ2) is 13.4. The van der Waals surface area contributed by atoms with Crippen LogP contribution in [-0.2, 0) is 16.2 Å². The van der Waals surface area contributed by atoms with E-state index in [-0.39, 0.29) is 39.8 Å². The van der Waals surface area contributed by atoms with Crippen molar-refractivity contribution >= 4 is 72.2 Å². The predicted octanol–water partition coefficient (Wildman–Crippen LogP) is 5.52. The summed E-state index contributed by atoms with van der Waals surface area (Å²) in [5, 5.41) is 5.39. The molecule has 0 aliphatic carbocycles. The van der Waals surface area contributed by atoms with Gasteiger partial charge in [-0.2, -0.15) is 18.2 Å². The highest BCUT2D eigenvalue weighted by atomic mass is 79.9. The Morgan fingerprint density at radius 1 is 0.978 bits per heavy atom. The number of likely N-dealkylation sites (N-methyl/N-ethyl adjacent to an activating group) is 1. The van der Waals surface area contributed by atoms with E-state index >= 15 is 0 Å². The molecular weight excluding hydrogens is 706 g/mol. The van der Waals surface area contributed by atoms with Crippen LogP contribution in [0.15, 0.2) is 34.9 Å². The number of anilines is 6. The largest absolute Gasteiger partial charge is 0.420 e. The van der Waals surface area contributed by atoms with E-state index in [0.29, 0.717) is 23.6 Å². The van der Waals surface area contributed by atoms with Gasteiger partial charge in [-0.15, -0.1) is 0 Å². The second-order valence-electron chi connectivity index (χ2n) is 11.0. The predicted molar refractivity (Wildman–Crippen MR) is 170 cm³/mol. The Labute approximate surface area is 271 Å². The van der Waals surface area contributed by atoms with Gasteiger partial charge >= 0.3 is 6.18 Å². The van der Waals surface area contributed by atoms with Crippen molar-refractivity contribution in [2.75, 3.05) is 72.8 Å². The van der Waals surface area contributed by atoms with Gasteiger partial charge in [0, 0.05) is 57.6 Å². The standard InChI is InChI=1S/C27H31BrClF4N9O2S/c1-40-9-11-41(12-10-40)17-5-7-42(8-6-17)25-18(27(31,32)33)14-22(23(29)37-25)36-26-34-15-19(28)24(38-26)35-20-4-3-16(30)13-21(20)39-45(2,43)44/h3-4,13-15,17,39H,5-12H2,1-2H3,(H2,34,35,36,38). The van der Waals surface area contributed by atoms with Crippen molar-refractivity contribution in [3.8, 4) is 0 Å². The number of halogens is 6. The number of alkyl halides is 3. The molecule has 2 aliphatic rings. The number of rotatable bonds is 8. The van der Waals surface area contributed by atoms with Gasteiger partial charge in [0.25, 0.3) is 0 Å². The monoisotopic (exact) mass is 735 g/mol. The van der Waals surface area contributed by atoms with Crippen LogP contribution in [0.3, 0.4) is 0 Å². The van der Waals surface area contributed by atoms with Crippen molar-refractivity contribution < 1.29 is 26.0 Å². The molecule has 244 valence electrons. The van der Waals surface area contributed by atoms with Gasteiger partial charge in [0.05, 0.1) is 27.8 Å². The summed E-state index contributed by atoms with van der Waals surface area (Å²) in [5.41, 5.74) is -1.02. The van der Waals surface area contributed by atoms with E-state index in [2.05, 4.69) is 63.1 Å². The lowest BCUT2D eigenvalue weighted by Gasteiger charge is -2.42. The van der Waals surface area contributed by atoms with E-state index < -0.39 is 27.6 Å². The molecule has 4 heterocycles. The molecule has 3 aromatic rings. The van der Waals surface area contributed by atoms with Crippen LogP contribution < -0.4 is 20.3 Å². The molecule has 0 saturated carbocycles. The summed E-state index contributed by atoms with van der Waals surface area (Å²) in [7, 11) is -1.67. The Bertz CT molecular complexity index is 1650. The van der Waals surface area contributed by atoms with Crippen molar-refractivity contribution in [2.45, 2.75) is 25.1 Å². The molecule has 45 heavy (non-hydrogen) atoms. The van der Waals surface area contributed by atoms with Crippen LogP contribution >= 0.6 is 27.5 Å². The Kier molecular flexibility index (Phi) is 9.93. The third-order valence-corrected chi connectivity index (χ3v) is 9.06. The molecule has 0 amide bonds. The Balaban J connectivity index is 1.36. The highest BCUT2D eigenvalue weighted by Gasteiger charge is 2.38. The van der Waals surface area contributed by atoms with Gasteiger partial charge in [0.1, 0.15) is 23.0 Å². The van der Waals surface area contributed by atoms with Crippen LogP contribution in [0.2, 0.25) is 5.15 Å². The normalized spacial score (nSPS) is 17.4. The van der Waals surface area contributed by atoms with Crippen molar-refractivity contribution in [1.29, 1.82) is 0 Å². The number of nitrogens with one attached hydrogen (secondary N) is 3. The van der Waals surface area contributed by atoms with Gasteiger partial charge in [0.2, 0.25) is 16.0 Å². The number of hydrogen-bond acceptors (Lipinski definition) is 10. The summed E-state index contributed by atoms with van der Waals surface area (Å²) in [6.45, 7) is 4.66. The zero-order valence-electron chi connectivity index (χ0n) is 24.3. The van der Waals surface area contributed by atoms with Crippen LogP contribution in [0.5, 0.6) is 0 Å². The Morgan fingerprint density at radius 3 is 2.31 bits per heavy atom. The zero-order chi connectivity index (χ0) is 32.5. The lowest BCUT2D eigenvalue weighted by atomic mass is 10.0. The number of benzene rings is 1. The number of piperazine rings is 1.